The Morgan fingerprint density at radius 1 is 1.18 bits per heavy atom. The summed E-state index contributed by atoms with van der Waals surface area (Å²) in [7, 11) is -3.76. The standard InChI is InChI=1S/C15H13FN2O2S2/c1-2-10-3-8-13-14(9-10)21-15(17-13)18-22(19,20)12-6-4-11(16)5-7-12/h3-9H,2H2,1H3,(H,17,18). The molecular weight excluding hydrogens is 323 g/mol. The van der Waals surface area contributed by atoms with E-state index in [1.807, 2.05) is 18.2 Å². The molecule has 0 saturated heterocycles. The quantitative estimate of drug-likeness (QED) is 0.788. The van der Waals surface area contributed by atoms with E-state index in [1.165, 1.54) is 29.0 Å². The van der Waals surface area contributed by atoms with Crippen molar-refractivity contribution in [3.63, 3.8) is 0 Å². The van der Waals surface area contributed by atoms with Gasteiger partial charge in [-0.1, -0.05) is 24.3 Å². The summed E-state index contributed by atoms with van der Waals surface area (Å²) >= 11 is 1.28. The Hall–Kier alpha value is -1.99. The molecule has 1 N–H and O–H groups in total. The molecule has 1 heterocycles. The van der Waals surface area contributed by atoms with Crippen molar-refractivity contribution in [3.8, 4) is 0 Å². The number of halogens is 1. The third kappa shape index (κ3) is 2.95. The fourth-order valence-electron chi connectivity index (χ4n) is 2.02. The van der Waals surface area contributed by atoms with E-state index in [1.54, 1.807) is 0 Å². The molecule has 0 fully saturated rings. The van der Waals surface area contributed by atoms with E-state index in [-0.39, 0.29) is 4.90 Å². The highest BCUT2D eigenvalue weighted by Gasteiger charge is 2.16. The highest BCUT2D eigenvalue weighted by Crippen LogP contribution is 2.28. The van der Waals surface area contributed by atoms with Gasteiger partial charge in [0.1, 0.15) is 5.82 Å². The zero-order valence-corrected chi connectivity index (χ0v) is 13.3. The summed E-state index contributed by atoms with van der Waals surface area (Å²) < 4.78 is 40.7. The molecule has 0 aliphatic carbocycles. The summed E-state index contributed by atoms with van der Waals surface area (Å²) in [5, 5.41) is 0.299. The van der Waals surface area contributed by atoms with E-state index < -0.39 is 15.8 Å². The minimum absolute atomic E-state index is 0.00223. The normalized spacial score (nSPS) is 11.7. The molecule has 3 rings (SSSR count). The summed E-state index contributed by atoms with van der Waals surface area (Å²) in [6.45, 7) is 2.06. The topological polar surface area (TPSA) is 59.1 Å². The minimum atomic E-state index is -3.76. The number of sulfonamides is 1. The van der Waals surface area contributed by atoms with Crippen LogP contribution in [0, 0.1) is 5.82 Å². The second kappa shape index (κ2) is 5.66. The first-order valence-electron chi connectivity index (χ1n) is 6.66. The molecule has 0 saturated carbocycles. The predicted molar refractivity (Wildman–Crippen MR) is 86.2 cm³/mol. The van der Waals surface area contributed by atoms with Crippen molar-refractivity contribution < 1.29 is 12.8 Å². The molecule has 0 amide bonds. The number of fused-ring (bicyclic) bond motifs is 1. The Balaban J connectivity index is 1.93. The van der Waals surface area contributed by atoms with Gasteiger partial charge in [-0.15, -0.1) is 0 Å². The van der Waals surface area contributed by atoms with Gasteiger partial charge in [-0.3, -0.25) is 4.72 Å². The smallest absolute Gasteiger partial charge is 0.255 e. The lowest BCUT2D eigenvalue weighted by Crippen LogP contribution is -2.12. The van der Waals surface area contributed by atoms with Crippen molar-refractivity contribution in [2.75, 3.05) is 4.72 Å². The average Bonchev–Trinajstić information content (AvgIpc) is 2.87. The molecule has 0 spiro atoms. The zero-order valence-electron chi connectivity index (χ0n) is 11.7. The maximum atomic E-state index is 12.9. The summed E-state index contributed by atoms with van der Waals surface area (Å²) in [6.07, 6.45) is 0.907. The van der Waals surface area contributed by atoms with E-state index in [9.17, 15) is 12.8 Å². The zero-order chi connectivity index (χ0) is 15.7. The Labute approximate surface area is 131 Å². The van der Waals surface area contributed by atoms with Crippen LogP contribution in [0.4, 0.5) is 9.52 Å². The number of rotatable bonds is 4. The van der Waals surface area contributed by atoms with Gasteiger partial charge in [0, 0.05) is 0 Å². The van der Waals surface area contributed by atoms with Crippen molar-refractivity contribution >= 4 is 36.7 Å². The first kappa shape index (κ1) is 14.9. The molecule has 0 bridgehead atoms. The first-order valence-corrected chi connectivity index (χ1v) is 8.96. The number of hydrogen-bond donors (Lipinski definition) is 1. The SMILES string of the molecule is CCc1ccc2nc(NS(=O)(=O)c3ccc(F)cc3)sc2c1. The van der Waals surface area contributed by atoms with Gasteiger partial charge < -0.3 is 0 Å². The van der Waals surface area contributed by atoms with Crippen LogP contribution in [0.5, 0.6) is 0 Å². The molecule has 4 nitrogen and oxygen atoms in total. The third-order valence-corrected chi connectivity index (χ3v) is 5.62. The van der Waals surface area contributed by atoms with E-state index >= 15 is 0 Å². The van der Waals surface area contributed by atoms with Crippen LogP contribution in [0.2, 0.25) is 0 Å². The van der Waals surface area contributed by atoms with E-state index in [2.05, 4.69) is 16.6 Å². The number of hydrogen-bond acceptors (Lipinski definition) is 4. The Morgan fingerprint density at radius 2 is 1.91 bits per heavy atom. The lowest BCUT2D eigenvalue weighted by atomic mass is 10.2. The first-order chi connectivity index (χ1) is 10.5. The van der Waals surface area contributed by atoms with Gasteiger partial charge in [0.05, 0.1) is 15.1 Å². The fraction of sp³-hybridized carbons (Fsp3) is 0.133. The van der Waals surface area contributed by atoms with Crippen LogP contribution < -0.4 is 4.72 Å². The number of anilines is 1. The summed E-state index contributed by atoms with van der Waals surface area (Å²) in [5.74, 6) is -0.481. The van der Waals surface area contributed by atoms with E-state index in [0.717, 1.165) is 28.8 Å². The summed E-state index contributed by atoms with van der Waals surface area (Å²) in [5.41, 5.74) is 1.92. The molecule has 0 unspecified atom stereocenters. The minimum Gasteiger partial charge on any atom is -0.255 e. The molecule has 0 radical (unpaired) electrons. The number of aromatic nitrogens is 1. The molecule has 22 heavy (non-hydrogen) atoms. The molecule has 114 valence electrons. The number of nitrogens with zero attached hydrogens (tertiary/aromatic N) is 1. The highest BCUT2D eigenvalue weighted by atomic mass is 32.2. The lowest BCUT2D eigenvalue weighted by molar-refractivity contribution is 0.599. The Morgan fingerprint density at radius 3 is 2.59 bits per heavy atom. The summed E-state index contributed by atoms with van der Waals surface area (Å²) in [6, 6.07) is 10.5. The van der Waals surface area contributed by atoms with Gasteiger partial charge in [0.2, 0.25) is 0 Å². The Kier molecular flexibility index (Phi) is 3.84. The van der Waals surface area contributed by atoms with Crippen LogP contribution in [0.1, 0.15) is 12.5 Å². The van der Waals surface area contributed by atoms with Gasteiger partial charge in [-0.25, -0.2) is 17.8 Å². The maximum absolute atomic E-state index is 12.9. The van der Waals surface area contributed by atoms with Crippen LogP contribution in [0.15, 0.2) is 47.4 Å². The molecule has 7 heteroatoms. The maximum Gasteiger partial charge on any atom is 0.263 e. The number of thiazole rings is 1. The molecule has 1 aromatic heterocycles. The second-order valence-electron chi connectivity index (χ2n) is 4.73. The van der Waals surface area contributed by atoms with Crippen LogP contribution in [0.3, 0.4) is 0 Å². The fourth-order valence-corrected chi connectivity index (χ4v) is 4.18. The molecule has 3 aromatic rings. The highest BCUT2D eigenvalue weighted by molar-refractivity contribution is 7.93. The molecule has 0 aliphatic heterocycles. The van der Waals surface area contributed by atoms with Crippen LogP contribution >= 0.6 is 11.3 Å². The van der Waals surface area contributed by atoms with Crippen molar-refractivity contribution in [2.45, 2.75) is 18.2 Å². The van der Waals surface area contributed by atoms with Crippen LogP contribution in [-0.2, 0) is 16.4 Å². The van der Waals surface area contributed by atoms with E-state index in [0.29, 0.717) is 5.13 Å². The van der Waals surface area contributed by atoms with Crippen molar-refractivity contribution in [2.24, 2.45) is 0 Å². The third-order valence-electron chi connectivity index (χ3n) is 3.21. The van der Waals surface area contributed by atoms with Gasteiger partial charge in [-0.05, 0) is 48.4 Å². The van der Waals surface area contributed by atoms with Crippen molar-refractivity contribution in [3.05, 3.63) is 53.8 Å². The van der Waals surface area contributed by atoms with Gasteiger partial charge in [0.15, 0.2) is 5.13 Å². The molecule has 2 aromatic carbocycles. The van der Waals surface area contributed by atoms with Crippen molar-refractivity contribution in [1.29, 1.82) is 0 Å². The lowest BCUT2D eigenvalue weighted by Gasteiger charge is -2.04. The molecule has 0 atom stereocenters. The van der Waals surface area contributed by atoms with Gasteiger partial charge in [0.25, 0.3) is 10.0 Å². The van der Waals surface area contributed by atoms with Crippen molar-refractivity contribution in [1.82, 2.24) is 4.98 Å². The summed E-state index contributed by atoms with van der Waals surface area (Å²) in [4.78, 5) is 4.27. The number of nitrogens with one attached hydrogen (secondary N) is 1. The number of benzene rings is 2. The Bertz CT molecular complexity index is 918. The molecule has 0 aliphatic rings. The van der Waals surface area contributed by atoms with Gasteiger partial charge >= 0.3 is 0 Å². The monoisotopic (exact) mass is 336 g/mol. The average molecular weight is 336 g/mol. The van der Waals surface area contributed by atoms with E-state index in [4.69, 9.17) is 0 Å². The second-order valence-corrected chi connectivity index (χ2v) is 7.45. The predicted octanol–water partition coefficient (Wildman–Crippen LogP) is 3.80. The largest absolute Gasteiger partial charge is 0.263 e. The van der Waals surface area contributed by atoms with Gasteiger partial charge in [-0.2, -0.15) is 0 Å². The number of aryl methyl sites for hydroxylation is 1. The van der Waals surface area contributed by atoms with Crippen LogP contribution in [-0.4, -0.2) is 13.4 Å². The molecular formula is C15H13FN2O2S2. The van der Waals surface area contributed by atoms with Crippen LogP contribution in [0.25, 0.3) is 10.2 Å².